The summed E-state index contributed by atoms with van der Waals surface area (Å²) in [6.07, 6.45) is 0. The summed E-state index contributed by atoms with van der Waals surface area (Å²) in [5.74, 6) is -0.609. The number of ether oxygens (including phenoxy) is 1. The molecule has 1 aromatic rings. The maximum absolute atomic E-state index is 12.0. The first-order valence-corrected chi connectivity index (χ1v) is 7.02. The Morgan fingerprint density at radius 3 is 2.43 bits per heavy atom. The van der Waals surface area contributed by atoms with Gasteiger partial charge in [-0.05, 0) is 38.1 Å². The van der Waals surface area contributed by atoms with Crippen LogP contribution >= 0.6 is 0 Å². The van der Waals surface area contributed by atoms with E-state index in [2.05, 4.69) is 10.6 Å². The van der Waals surface area contributed by atoms with Crippen molar-refractivity contribution in [2.75, 3.05) is 18.5 Å². The molecule has 2 atom stereocenters. The molecule has 0 spiro atoms. The van der Waals surface area contributed by atoms with Crippen molar-refractivity contribution in [2.45, 2.75) is 25.9 Å². The van der Waals surface area contributed by atoms with Crippen LogP contribution in [0.3, 0.4) is 0 Å². The summed E-state index contributed by atoms with van der Waals surface area (Å²) < 4.78 is 5.18. The molecule has 0 saturated carbocycles. The smallest absolute Gasteiger partial charge is 0.251 e. The molecular formula is C15H21N3O3. The first kappa shape index (κ1) is 15.5. The second kappa shape index (κ2) is 6.69. The van der Waals surface area contributed by atoms with E-state index in [0.29, 0.717) is 24.5 Å². The molecule has 1 saturated heterocycles. The molecule has 0 radical (unpaired) electrons. The molecule has 4 N–H and O–H groups in total. The van der Waals surface area contributed by atoms with E-state index in [0.717, 1.165) is 0 Å². The third-order valence-corrected chi connectivity index (χ3v) is 3.30. The third-order valence-electron chi connectivity index (χ3n) is 3.30. The minimum Gasteiger partial charge on any atom is -0.379 e. The van der Waals surface area contributed by atoms with Crippen LogP contribution in [0.4, 0.5) is 5.69 Å². The SMILES string of the molecule is CC(C)NC(=O)c1ccc(NC(=O)C2COCC2N)cc1. The lowest BCUT2D eigenvalue weighted by atomic mass is 10.0. The topological polar surface area (TPSA) is 93.5 Å². The highest BCUT2D eigenvalue weighted by atomic mass is 16.5. The fourth-order valence-electron chi connectivity index (χ4n) is 2.13. The Kier molecular flexibility index (Phi) is 4.93. The highest BCUT2D eigenvalue weighted by molar-refractivity contribution is 5.96. The van der Waals surface area contributed by atoms with Gasteiger partial charge in [-0.1, -0.05) is 0 Å². The van der Waals surface area contributed by atoms with E-state index in [1.54, 1.807) is 24.3 Å². The van der Waals surface area contributed by atoms with Crippen molar-refractivity contribution >= 4 is 17.5 Å². The van der Waals surface area contributed by atoms with Crippen LogP contribution in [0.25, 0.3) is 0 Å². The van der Waals surface area contributed by atoms with E-state index in [1.165, 1.54) is 0 Å². The fraction of sp³-hybridized carbons (Fsp3) is 0.467. The Hall–Kier alpha value is -1.92. The van der Waals surface area contributed by atoms with Gasteiger partial charge >= 0.3 is 0 Å². The Bertz CT molecular complexity index is 513. The Balaban J connectivity index is 1.96. The highest BCUT2D eigenvalue weighted by Gasteiger charge is 2.31. The van der Waals surface area contributed by atoms with Crippen LogP contribution in [0.2, 0.25) is 0 Å². The number of hydrogen-bond acceptors (Lipinski definition) is 4. The van der Waals surface area contributed by atoms with Gasteiger partial charge in [0, 0.05) is 23.3 Å². The maximum Gasteiger partial charge on any atom is 0.251 e. The first-order valence-electron chi connectivity index (χ1n) is 7.02. The van der Waals surface area contributed by atoms with Gasteiger partial charge in [0.15, 0.2) is 0 Å². The number of hydrogen-bond donors (Lipinski definition) is 3. The van der Waals surface area contributed by atoms with Gasteiger partial charge in [0.1, 0.15) is 0 Å². The third kappa shape index (κ3) is 4.03. The van der Waals surface area contributed by atoms with Crippen molar-refractivity contribution in [3.05, 3.63) is 29.8 Å². The minimum atomic E-state index is -0.325. The van der Waals surface area contributed by atoms with Gasteiger partial charge in [0.2, 0.25) is 5.91 Å². The summed E-state index contributed by atoms with van der Waals surface area (Å²) in [6.45, 7) is 4.56. The summed E-state index contributed by atoms with van der Waals surface area (Å²) in [4.78, 5) is 23.8. The molecule has 6 heteroatoms. The first-order chi connectivity index (χ1) is 9.97. The summed E-state index contributed by atoms with van der Waals surface area (Å²) in [5, 5.41) is 5.60. The highest BCUT2D eigenvalue weighted by Crippen LogP contribution is 2.16. The van der Waals surface area contributed by atoms with Crippen molar-refractivity contribution in [1.82, 2.24) is 5.32 Å². The van der Waals surface area contributed by atoms with Crippen LogP contribution in [-0.2, 0) is 9.53 Å². The molecule has 6 nitrogen and oxygen atoms in total. The van der Waals surface area contributed by atoms with Crippen LogP contribution in [0.15, 0.2) is 24.3 Å². The lowest BCUT2D eigenvalue weighted by Gasteiger charge is -2.14. The largest absolute Gasteiger partial charge is 0.379 e. The van der Waals surface area contributed by atoms with E-state index in [9.17, 15) is 9.59 Å². The molecule has 1 aliphatic heterocycles. The molecule has 2 rings (SSSR count). The molecule has 114 valence electrons. The van der Waals surface area contributed by atoms with Crippen LogP contribution in [-0.4, -0.2) is 37.1 Å². The summed E-state index contributed by atoms with van der Waals surface area (Å²) in [6, 6.07) is 6.58. The van der Waals surface area contributed by atoms with E-state index in [4.69, 9.17) is 10.5 Å². The molecule has 1 heterocycles. The maximum atomic E-state index is 12.0. The molecule has 0 aliphatic carbocycles. The van der Waals surface area contributed by atoms with Gasteiger partial charge in [-0.2, -0.15) is 0 Å². The van der Waals surface area contributed by atoms with E-state index in [1.807, 2.05) is 13.8 Å². The molecular weight excluding hydrogens is 270 g/mol. The van der Waals surface area contributed by atoms with Crippen LogP contribution < -0.4 is 16.4 Å². The summed E-state index contributed by atoms with van der Waals surface area (Å²) >= 11 is 0. The zero-order valence-electron chi connectivity index (χ0n) is 12.3. The minimum absolute atomic E-state index is 0.0840. The fourth-order valence-corrected chi connectivity index (χ4v) is 2.13. The van der Waals surface area contributed by atoms with Crippen molar-refractivity contribution in [1.29, 1.82) is 0 Å². The molecule has 0 bridgehead atoms. The Labute approximate surface area is 124 Å². The van der Waals surface area contributed by atoms with Gasteiger partial charge < -0.3 is 21.1 Å². The number of nitrogens with two attached hydrogens (primary N) is 1. The molecule has 2 amide bonds. The number of carbonyl (C=O) groups excluding carboxylic acids is 2. The van der Waals surface area contributed by atoms with Gasteiger partial charge in [-0.15, -0.1) is 0 Å². The van der Waals surface area contributed by atoms with E-state index >= 15 is 0 Å². The number of carbonyl (C=O) groups is 2. The molecule has 1 fully saturated rings. The second-order valence-corrected chi connectivity index (χ2v) is 5.50. The van der Waals surface area contributed by atoms with Crippen LogP contribution in [0.5, 0.6) is 0 Å². The molecule has 1 aromatic carbocycles. The van der Waals surface area contributed by atoms with E-state index in [-0.39, 0.29) is 29.8 Å². The number of nitrogens with one attached hydrogen (secondary N) is 2. The number of anilines is 1. The lowest BCUT2D eigenvalue weighted by molar-refractivity contribution is -0.120. The van der Waals surface area contributed by atoms with Crippen molar-refractivity contribution in [2.24, 2.45) is 11.7 Å². The second-order valence-electron chi connectivity index (χ2n) is 5.50. The zero-order chi connectivity index (χ0) is 15.4. The predicted molar refractivity (Wildman–Crippen MR) is 80.0 cm³/mol. The lowest BCUT2D eigenvalue weighted by Crippen LogP contribution is -2.37. The predicted octanol–water partition coefficient (Wildman–Crippen LogP) is 0.737. The van der Waals surface area contributed by atoms with Gasteiger partial charge in [0.05, 0.1) is 19.1 Å². The summed E-state index contributed by atoms with van der Waals surface area (Å²) in [5.41, 5.74) is 7.00. The number of benzene rings is 1. The Morgan fingerprint density at radius 1 is 1.24 bits per heavy atom. The van der Waals surface area contributed by atoms with E-state index < -0.39 is 0 Å². The summed E-state index contributed by atoms with van der Waals surface area (Å²) in [7, 11) is 0. The quantitative estimate of drug-likeness (QED) is 0.762. The van der Waals surface area contributed by atoms with Crippen LogP contribution in [0, 0.1) is 5.92 Å². The van der Waals surface area contributed by atoms with Gasteiger partial charge in [0.25, 0.3) is 5.91 Å². The van der Waals surface area contributed by atoms with Crippen molar-refractivity contribution in [3.63, 3.8) is 0 Å². The average Bonchev–Trinajstić information content (AvgIpc) is 2.85. The number of amides is 2. The molecule has 21 heavy (non-hydrogen) atoms. The normalized spacial score (nSPS) is 21.3. The zero-order valence-corrected chi connectivity index (χ0v) is 12.3. The number of rotatable bonds is 4. The van der Waals surface area contributed by atoms with Crippen molar-refractivity contribution in [3.8, 4) is 0 Å². The monoisotopic (exact) mass is 291 g/mol. The van der Waals surface area contributed by atoms with Gasteiger partial charge in [-0.25, -0.2) is 0 Å². The standard InChI is InChI=1S/C15H21N3O3/c1-9(2)17-14(19)10-3-5-11(6-4-10)18-15(20)12-7-21-8-13(12)16/h3-6,9,12-13H,7-8,16H2,1-2H3,(H,17,19)(H,18,20). The average molecular weight is 291 g/mol. The molecule has 2 unspecified atom stereocenters. The molecule has 1 aliphatic rings. The van der Waals surface area contributed by atoms with Gasteiger partial charge in [-0.3, -0.25) is 9.59 Å². The van der Waals surface area contributed by atoms with Crippen molar-refractivity contribution < 1.29 is 14.3 Å². The van der Waals surface area contributed by atoms with Crippen LogP contribution in [0.1, 0.15) is 24.2 Å². The molecule has 0 aromatic heterocycles. The Morgan fingerprint density at radius 2 is 1.90 bits per heavy atom.